The smallest absolute Gasteiger partial charge is 0.0367 e. The van der Waals surface area contributed by atoms with Gasteiger partial charge in [0.25, 0.3) is 0 Å². The molecule has 1 fully saturated rings. The van der Waals surface area contributed by atoms with Gasteiger partial charge in [-0.3, -0.25) is 4.90 Å². The fourth-order valence-corrected chi connectivity index (χ4v) is 2.87. The summed E-state index contributed by atoms with van der Waals surface area (Å²) >= 11 is 0. The van der Waals surface area contributed by atoms with Gasteiger partial charge in [-0.2, -0.15) is 0 Å². The van der Waals surface area contributed by atoms with Gasteiger partial charge in [-0.05, 0) is 30.0 Å². The summed E-state index contributed by atoms with van der Waals surface area (Å²) in [6.45, 7) is 12.6. The number of benzene rings is 1. The lowest BCUT2D eigenvalue weighted by Gasteiger charge is -2.37. The summed E-state index contributed by atoms with van der Waals surface area (Å²) in [7, 11) is 0. The highest BCUT2D eigenvalue weighted by Gasteiger charge is 2.17. The summed E-state index contributed by atoms with van der Waals surface area (Å²) in [5.41, 5.74) is 8.65. The van der Waals surface area contributed by atoms with E-state index in [1.54, 1.807) is 0 Å². The van der Waals surface area contributed by atoms with Crippen molar-refractivity contribution in [3.63, 3.8) is 0 Å². The first-order valence-electron chi connectivity index (χ1n) is 7.93. The number of rotatable bonds is 5. The Kier molecular flexibility index (Phi) is 5.44. The Morgan fingerprint density at radius 1 is 1.05 bits per heavy atom. The van der Waals surface area contributed by atoms with Crippen LogP contribution in [-0.4, -0.2) is 37.6 Å². The number of anilines is 1. The van der Waals surface area contributed by atoms with Crippen molar-refractivity contribution >= 4 is 5.69 Å². The van der Waals surface area contributed by atoms with E-state index in [9.17, 15) is 0 Å². The Bertz CT molecular complexity index is 391. The summed E-state index contributed by atoms with van der Waals surface area (Å²) in [6, 6.07) is 8.99. The monoisotopic (exact) mass is 275 g/mol. The molecule has 0 spiro atoms. The first-order valence-corrected chi connectivity index (χ1v) is 7.93. The Balaban J connectivity index is 1.90. The Morgan fingerprint density at radius 3 is 2.15 bits per heavy atom. The molecule has 1 saturated heterocycles. The molecule has 20 heavy (non-hydrogen) atoms. The Hall–Kier alpha value is -1.06. The highest BCUT2D eigenvalue weighted by molar-refractivity contribution is 5.48. The molecule has 1 aromatic carbocycles. The maximum atomic E-state index is 6.07. The zero-order valence-corrected chi connectivity index (χ0v) is 13.2. The van der Waals surface area contributed by atoms with Gasteiger partial charge >= 0.3 is 0 Å². The molecule has 0 aliphatic carbocycles. The number of hydrogen-bond donors (Lipinski definition) is 1. The van der Waals surface area contributed by atoms with Crippen LogP contribution in [0.25, 0.3) is 0 Å². The van der Waals surface area contributed by atoms with Gasteiger partial charge in [-0.1, -0.05) is 32.9 Å². The molecule has 0 aromatic heterocycles. The standard InChI is InChI=1S/C17H29N3/c1-4-17(18)15-5-7-16(8-6-15)20-11-9-19(10-12-20)13-14(2)3/h5-8,14,17H,4,9-13,18H2,1-3H3/t17-/m0/s1. The summed E-state index contributed by atoms with van der Waals surface area (Å²) in [5, 5.41) is 0. The molecule has 0 amide bonds. The van der Waals surface area contributed by atoms with Crippen molar-refractivity contribution < 1.29 is 0 Å². The molecule has 0 bridgehead atoms. The predicted octanol–water partition coefficient (Wildman–Crippen LogP) is 2.87. The van der Waals surface area contributed by atoms with Gasteiger partial charge in [-0.15, -0.1) is 0 Å². The van der Waals surface area contributed by atoms with Crippen LogP contribution in [-0.2, 0) is 0 Å². The Morgan fingerprint density at radius 2 is 1.65 bits per heavy atom. The molecule has 1 atom stereocenters. The van der Waals surface area contributed by atoms with E-state index in [-0.39, 0.29) is 6.04 Å². The summed E-state index contributed by atoms with van der Waals surface area (Å²) in [4.78, 5) is 5.06. The second-order valence-corrected chi connectivity index (χ2v) is 6.29. The normalized spacial score (nSPS) is 18.6. The van der Waals surface area contributed by atoms with E-state index in [0.717, 1.165) is 25.4 Å². The fourth-order valence-electron chi connectivity index (χ4n) is 2.87. The lowest BCUT2D eigenvalue weighted by Crippen LogP contribution is -2.47. The molecule has 2 rings (SSSR count). The molecule has 1 heterocycles. The van der Waals surface area contributed by atoms with Crippen molar-refractivity contribution in [3.8, 4) is 0 Å². The second kappa shape index (κ2) is 7.09. The topological polar surface area (TPSA) is 32.5 Å². The maximum absolute atomic E-state index is 6.07. The lowest BCUT2D eigenvalue weighted by atomic mass is 10.0. The van der Waals surface area contributed by atoms with Gasteiger partial charge in [0.1, 0.15) is 0 Å². The third-order valence-electron chi connectivity index (χ3n) is 4.12. The van der Waals surface area contributed by atoms with E-state index in [1.165, 1.54) is 30.9 Å². The van der Waals surface area contributed by atoms with Crippen molar-refractivity contribution in [2.24, 2.45) is 11.7 Å². The fraction of sp³-hybridized carbons (Fsp3) is 0.647. The minimum Gasteiger partial charge on any atom is -0.369 e. The van der Waals surface area contributed by atoms with Gasteiger partial charge in [0.15, 0.2) is 0 Å². The second-order valence-electron chi connectivity index (χ2n) is 6.29. The van der Waals surface area contributed by atoms with Crippen molar-refractivity contribution in [2.45, 2.75) is 33.2 Å². The van der Waals surface area contributed by atoms with Gasteiger partial charge in [0.05, 0.1) is 0 Å². The maximum Gasteiger partial charge on any atom is 0.0367 e. The minimum absolute atomic E-state index is 0.173. The van der Waals surface area contributed by atoms with Crippen LogP contribution >= 0.6 is 0 Å². The summed E-state index contributed by atoms with van der Waals surface area (Å²) in [5.74, 6) is 0.761. The van der Waals surface area contributed by atoms with Crippen LogP contribution < -0.4 is 10.6 Å². The third-order valence-corrected chi connectivity index (χ3v) is 4.12. The van der Waals surface area contributed by atoms with Gasteiger partial charge in [0.2, 0.25) is 0 Å². The van der Waals surface area contributed by atoms with Crippen molar-refractivity contribution in [1.82, 2.24) is 4.90 Å². The van der Waals surface area contributed by atoms with Gasteiger partial charge in [-0.25, -0.2) is 0 Å². The third kappa shape index (κ3) is 3.97. The molecule has 1 aliphatic rings. The quantitative estimate of drug-likeness (QED) is 0.897. The lowest BCUT2D eigenvalue weighted by molar-refractivity contribution is 0.231. The average molecular weight is 275 g/mol. The first-order chi connectivity index (χ1) is 9.60. The molecular formula is C17H29N3. The first kappa shape index (κ1) is 15.3. The molecule has 0 radical (unpaired) electrons. The molecule has 3 nitrogen and oxygen atoms in total. The summed E-state index contributed by atoms with van der Waals surface area (Å²) < 4.78 is 0. The van der Waals surface area contributed by atoms with Crippen LogP contribution in [0.3, 0.4) is 0 Å². The number of piperazine rings is 1. The van der Waals surface area contributed by atoms with Crippen molar-refractivity contribution in [1.29, 1.82) is 0 Å². The van der Waals surface area contributed by atoms with E-state index >= 15 is 0 Å². The van der Waals surface area contributed by atoms with Crippen LogP contribution in [0.15, 0.2) is 24.3 Å². The highest BCUT2D eigenvalue weighted by Crippen LogP contribution is 2.21. The zero-order chi connectivity index (χ0) is 14.5. The molecule has 2 N–H and O–H groups in total. The molecule has 1 aromatic rings. The number of nitrogens with zero attached hydrogens (tertiary/aromatic N) is 2. The van der Waals surface area contributed by atoms with E-state index in [1.807, 2.05) is 0 Å². The van der Waals surface area contributed by atoms with Gasteiger partial charge in [0, 0.05) is 44.5 Å². The van der Waals surface area contributed by atoms with Gasteiger partial charge < -0.3 is 10.6 Å². The molecule has 3 heteroatoms. The SMILES string of the molecule is CC[C@H](N)c1ccc(N2CCN(CC(C)C)CC2)cc1. The Labute approximate surface area is 123 Å². The van der Waals surface area contributed by atoms with Crippen molar-refractivity contribution in [3.05, 3.63) is 29.8 Å². The van der Waals surface area contributed by atoms with E-state index in [4.69, 9.17) is 5.73 Å². The average Bonchev–Trinajstić information content (AvgIpc) is 2.47. The minimum atomic E-state index is 0.173. The van der Waals surface area contributed by atoms with Crippen LogP contribution in [0.5, 0.6) is 0 Å². The van der Waals surface area contributed by atoms with E-state index in [0.29, 0.717) is 0 Å². The predicted molar refractivity (Wildman–Crippen MR) is 87.2 cm³/mol. The van der Waals surface area contributed by atoms with Crippen molar-refractivity contribution in [2.75, 3.05) is 37.6 Å². The van der Waals surface area contributed by atoms with Crippen LogP contribution in [0.2, 0.25) is 0 Å². The highest BCUT2D eigenvalue weighted by atomic mass is 15.3. The number of nitrogens with two attached hydrogens (primary N) is 1. The van der Waals surface area contributed by atoms with Crippen LogP contribution in [0, 0.1) is 5.92 Å². The molecule has 0 unspecified atom stereocenters. The van der Waals surface area contributed by atoms with E-state index in [2.05, 4.69) is 54.8 Å². The largest absolute Gasteiger partial charge is 0.369 e. The zero-order valence-electron chi connectivity index (χ0n) is 13.2. The molecule has 0 saturated carbocycles. The van der Waals surface area contributed by atoms with Crippen LogP contribution in [0.4, 0.5) is 5.69 Å². The molecular weight excluding hydrogens is 246 g/mol. The summed E-state index contributed by atoms with van der Waals surface area (Å²) in [6.07, 6.45) is 0.993. The van der Waals surface area contributed by atoms with Crippen LogP contribution in [0.1, 0.15) is 38.8 Å². The molecule has 1 aliphatic heterocycles. The number of hydrogen-bond acceptors (Lipinski definition) is 3. The van der Waals surface area contributed by atoms with E-state index < -0.39 is 0 Å². The molecule has 112 valence electrons.